The highest BCUT2D eigenvalue weighted by Crippen LogP contribution is 2.03. The lowest BCUT2D eigenvalue weighted by molar-refractivity contribution is -0.0392. The number of methoxy groups -OCH3 is 1. The fourth-order valence-electron chi connectivity index (χ4n) is 1.13. The van der Waals surface area contributed by atoms with E-state index in [1.165, 1.54) is 0 Å². The van der Waals surface area contributed by atoms with Crippen LogP contribution in [0.3, 0.4) is 0 Å². The molecule has 0 fully saturated rings. The molecule has 0 bridgehead atoms. The summed E-state index contributed by atoms with van der Waals surface area (Å²) in [6.45, 7) is 0.916. The monoisotopic (exact) mass is 196 g/mol. The van der Waals surface area contributed by atoms with Gasteiger partial charge < -0.3 is 14.6 Å². The molecule has 1 rings (SSSR count). The molecular formula is C11H16O3. The van der Waals surface area contributed by atoms with Crippen LogP contribution in [0.15, 0.2) is 30.3 Å². The third-order valence-electron chi connectivity index (χ3n) is 1.88. The highest BCUT2D eigenvalue weighted by atomic mass is 16.5. The minimum atomic E-state index is -0.236. The van der Waals surface area contributed by atoms with Gasteiger partial charge in [0.05, 0.1) is 19.8 Å². The first-order valence-corrected chi connectivity index (χ1v) is 4.62. The summed E-state index contributed by atoms with van der Waals surface area (Å²) in [5, 5.41) is 8.93. The zero-order chi connectivity index (χ0) is 10.2. The van der Waals surface area contributed by atoms with Crippen molar-refractivity contribution in [1.29, 1.82) is 0 Å². The van der Waals surface area contributed by atoms with Crippen LogP contribution in [0.5, 0.6) is 0 Å². The van der Waals surface area contributed by atoms with E-state index in [2.05, 4.69) is 0 Å². The van der Waals surface area contributed by atoms with Crippen LogP contribution in [0.25, 0.3) is 0 Å². The Kier molecular flexibility index (Phi) is 5.22. The first kappa shape index (κ1) is 11.2. The molecule has 0 aliphatic heterocycles. The SMILES string of the molecule is COC[C@H](CO)OCc1ccccc1. The zero-order valence-electron chi connectivity index (χ0n) is 8.35. The second-order valence-electron chi connectivity index (χ2n) is 3.06. The Hall–Kier alpha value is -0.900. The maximum atomic E-state index is 8.93. The molecule has 3 nitrogen and oxygen atoms in total. The van der Waals surface area contributed by atoms with Crippen molar-refractivity contribution in [2.24, 2.45) is 0 Å². The molecule has 1 aromatic rings. The molecule has 3 heteroatoms. The van der Waals surface area contributed by atoms with Crippen molar-refractivity contribution in [2.45, 2.75) is 12.7 Å². The third-order valence-corrected chi connectivity index (χ3v) is 1.88. The van der Waals surface area contributed by atoms with E-state index in [-0.39, 0.29) is 12.7 Å². The summed E-state index contributed by atoms with van der Waals surface area (Å²) in [5.41, 5.74) is 1.10. The molecule has 0 aromatic heterocycles. The minimum absolute atomic E-state index is 0.0132. The van der Waals surface area contributed by atoms with Gasteiger partial charge in [-0.1, -0.05) is 30.3 Å². The van der Waals surface area contributed by atoms with Gasteiger partial charge in [-0.05, 0) is 5.56 Å². The smallest absolute Gasteiger partial charge is 0.104 e. The molecule has 1 N–H and O–H groups in total. The van der Waals surface area contributed by atoms with Crippen molar-refractivity contribution in [3.8, 4) is 0 Å². The summed E-state index contributed by atoms with van der Waals surface area (Å²) < 4.78 is 10.3. The summed E-state index contributed by atoms with van der Waals surface area (Å²) in [6, 6.07) is 9.86. The average Bonchev–Trinajstić information content (AvgIpc) is 2.25. The summed E-state index contributed by atoms with van der Waals surface area (Å²) in [5.74, 6) is 0. The van der Waals surface area contributed by atoms with Gasteiger partial charge in [0.25, 0.3) is 0 Å². The van der Waals surface area contributed by atoms with E-state index in [0.717, 1.165) is 5.56 Å². The molecule has 14 heavy (non-hydrogen) atoms. The molecule has 0 aliphatic rings. The average molecular weight is 196 g/mol. The normalized spacial score (nSPS) is 12.7. The standard InChI is InChI=1S/C11H16O3/c1-13-9-11(7-12)14-8-10-5-3-2-4-6-10/h2-6,11-12H,7-9H2,1H3/t11-/m0/s1. The van der Waals surface area contributed by atoms with Crippen LogP contribution in [0.1, 0.15) is 5.56 Å². The van der Waals surface area contributed by atoms with E-state index in [1.54, 1.807) is 7.11 Å². The van der Waals surface area contributed by atoms with Gasteiger partial charge in [-0.25, -0.2) is 0 Å². The Morgan fingerprint density at radius 3 is 2.57 bits per heavy atom. The Bertz CT molecular complexity index is 236. The molecule has 0 spiro atoms. The Labute approximate surface area is 84.3 Å². The van der Waals surface area contributed by atoms with E-state index in [0.29, 0.717) is 13.2 Å². The number of rotatable bonds is 6. The van der Waals surface area contributed by atoms with Gasteiger partial charge in [0.15, 0.2) is 0 Å². The Balaban J connectivity index is 2.32. The first-order valence-electron chi connectivity index (χ1n) is 4.62. The van der Waals surface area contributed by atoms with E-state index in [9.17, 15) is 0 Å². The van der Waals surface area contributed by atoms with Gasteiger partial charge in [-0.3, -0.25) is 0 Å². The van der Waals surface area contributed by atoms with Crippen molar-refractivity contribution >= 4 is 0 Å². The quantitative estimate of drug-likeness (QED) is 0.743. The van der Waals surface area contributed by atoms with Crippen LogP contribution in [-0.4, -0.2) is 31.5 Å². The summed E-state index contributed by atoms with van der Waals surface area (Å²) in [6.07, 6.45) is -0.236. The largest absolute Gasteiger partial charge is 0.394 e. The molecule has 0 saturated heterocycles. The van der Waals surface area contributed by atoms with E-state index >= 15 is 0 Å². The Morgan fingerprint density at radius 2 is 2.00 bits per heavy atom. The third kappa shape index (κ3) is 3.87. The first-order chi connectivity index (χ1) is 6.86. The van der Waals surface area contributed by atoms with Crippen LogP contribution in [0.2, 0.25) is 0 Å². The molecule has 0 radical (unpaired) electrons. The van der Waals surface area contributed by atoms with E-state index in [4.69, 9.17) is 14.6 Å². The van der Waals surface area contributed by atoms with E-state index < -0.39 is 0 Å². The lowest BCUT2D eigenvalue weighted by Gasteiger charge is -2.14. The Morgan fingerprint density at radius 1 is 1.29 bits per heavy atom. The highest BCUT2D eigenvalue weighted by molar-refractivity contribution is 5.13. The molecule has 0 aliphatic carbocycles. The molecule has 0 amide bonds. The fourth-order valence-corrected chi connectivity index (χ4v) is 1.13. The predicted molar refractivity (Wildman–Crippen MR) is 54.0 cm³/mol. The number of hydrogen-bond acceptors (Lipinski definition) is 3. The predicted octanol–water partition coefficient (Wildman–Crippen LogP) is 1.21. The lowest BCUT2D eigenvalue weighted by Crippen LogP contribution is -2.23. The summed E-state index contributed by atoms with van der Waals surface area (Å²) in [4.78, 5) is 0. The van der Waals surface area contributed by atoms with Gasteiger partial charge in [-0.15, -0.1) is 0 Å². The molecule has 0 saturated carbocycles. The summed E-state index contributed by atoms with van der Waals surface area (Å²) >= 11 is 0. The van der Waals surface area contributed by atoms with Crippen molar-refractivity contribution in [1.82, 2.24) is 0 Å². The van der Waals surface area contributed by atoms with Gasteiger partial charge in [-0.2, -0.15) is 0 Å². The molecule has 0 unspecified atom stereocenters. The number of benzene rings is 1. The second-order valence-corrected chi connectivity index (χ2v) is 3.06. The second kappa shape index (κ2) is 6.54. The summed E-state index contributed by atoms with van der Waals surface area (Å²) in [7, 11) is 1.59. The van der Waals surface area contributed by atoms with Crippen molar-refractivity contribution in [3.63, 3.8) is 0 Å². The van der Waals surface area contributed by atoms with Gasteiger partial charge in [0.1, 0.15) is 6.10 Å². The van der Waals surface area contributed by atoms with E-state index in [1.807, 2.05) is 30.3 Å². The number of hydrogen-bond donors (Lipinski definition) is 1. The van der Waals surface area contributed by atoms with Crippen LogP contribution < -0.4 is 0 Å². The van der Waals surface area contributed by atoms with Crippen molar-refractivity contribution < 1.29 is 14.6 Å². The minimum Gasteiger partial charge on any atom is -0.394 e. The lowest BCUT2D eigenvalue weighted by atomic mass is 10.2. The van der Waals surface area contributed by atoms with Crippen LogP contribution >= 0.6 is 0 Å². The molecule has 0 heterocycles. The highest BCUT2D eigenvalue weighted by Gasteiger charge is 2.06. The maximum absolute atomic E-state index is 8.93. The van der Waals surface area contributed by atoms with Gasteiger partial charge in [0.2, 0.25) is 0 Å². The number of aliphatic hydroxyl groups excluding tert-OH is 1. The van der Waals surface area contributed by atoms with Crippen molar-refractivity contribution in [3.05, 3.63) is 35.9 Å². The molecule has 1 aromatic carbocycles. The number of ether oxygens (including phenoxy) is 2. The topological polar surface area (TPSA) is 38.7 Å². The zero-order valence-corrected chi connectivity index (χ0v) is 8.35. The maximum Gasteiger partial charge on any atom is 0.104 e. The molecule has 78 valence electrons. The van der Waals surface area contributed by atoms with Crippen LogP contribution in [0.4, 0.5) is 0 Å². The van der Waals surface area contributed by atoms with Gasteiger partial charge in [0, 0.05) is 7.11 Å². The molecule has 1 atom stereocenters. The van der Waals surface area contributed by atoms with Crippen LogP contribution in [-0.2, 0) is 16.1 Å². The molecular weight excluding hydrogens is 180 g/mol. The van der Waals surface area contributed by atoms with Crippen molar-refractivity contribution in [2.75, 3.05) is 20.3 Å². The number of aliphatic hydroxyl groups is 1. The van der Waals surface area contributed by atoms with Crippen LogP contribution in [0, 0.1) is 0 Å². The fraction of sp³-hybridized carbons (Fsp3) is 0.455. The van der Waals surface area contributed by atoms with Gasteiger partial charge >= 0.3 is 0 Å².